The maximum atomic E-state index is 8.47. The van der Waals surface area contributed by atoms with Crippen LogP contribution in [-0.4, -0.2) is 169 Å². The van der Waals surface area contributed by atoms with Gasteiger partial charge in [-0.05, 0) is 0 Å². The van der Waals surface area contributed by atoms with E-state index in [1.165, 1.54) is 0 Å². The van der Waals surface area contributed by atoms with Crippen LogP contribution in [0.2, 0.25) is 0 Å². The minimum atomic E-state index is -0.708. The fourth-order valence-corrected chi connectivity index (χ4v) is 0.300. The third-order valence-electron chi connectivity index (χ3n) is 2.29. The van der Waals surface area contributed by atoms with Gasteiger partial charge in [0.05, 0.1) is 39.6 Å². The molecule has 0 saturated carbocycles. The second-order valence-corrected chi connectivity index (χ2v) is 4.57. The Hall–Kier alpha value is 3.69. The third-order valence-corrected chi connectivity index (χ3v) is 2.29. The summed E-state index contributed by atoms with van der Waals surface area (Å²) in [4.78, 5) is 0. The zero-order valence-corrected chi connectivity index (χ0v) is 35.0. The summed E-state index contributed by atoms with van der Waals surface area (Å²) in [7, 11) is 0. The van der Waals surface area contributed by atoms with Crippen LogP contribution in [0, 0.1) is 10.8 Å². The van der Waals surface area contributed by atoms with Crippen LogP contribution in [-0.2, 0) is 143 Å². The molecule has 0 spiro atoms. The van der Waals surface area contributed by atoms with Gasteiger partial charge in [-0.3, -0.25) is 0 Å². The van der Waals surface area contributed by atoms with E-state index < -0.39 is 10.8 Å². The Kier molecular flexibility index (Phi) is 1130. The monoisotopic (exact) mass is 1210 g/mol. The summed E-state index contributed by atoms with van der Waals surface area (Å²) < 4.78 is 0. The maximum absolute atomic E-state index is 8.47. The Morgan fingerprint density at radius 3 is 0.317 bits per heavy atom. The van der Waals surface area contributed by atoms with Crippen molar-refractivity contribution in [3.05, 3.63) is 0 Å². The van der Waals surface area contributed by atoms with Crippen LogP contribution < -0.4 is 0 Å². The first kappa shape index (κ1) is 273. The first-order chi connectivity index (χ1) is 7.36. The second-order valence-electron chi connectivity index (χ2n) is 4.57. The molecule has 0 saturated heterocycles. The normalized spacial score (nSPS) is 4.68. The standard InChI is InChI=1S/2C5H12O3.Mn.6Mo.18H2O/c2*1-5(2-6,3-7)4-8;;;;;;;;;;;;;;;;;;;;;;;;;/h2*6-8H,2-4H2,1H3;;;;;;;;18*1H2. The fraction of sp³-hybridized carbons (Fsp3) is 1.00. The zero-order valence-electron chi connectivity index (χ0n) is 21.8. The molecule has 0 aromatic rings. The summed E-state index contributed by atoms with van der Waals surface area (Å²) in [6, 6.07) is 0. The van der Waals surface area contributed by atoms with E-state index in [2.05, 4.69) is 0 Å². The fourth-order valence-electron chi connectivity index (χ4n) is 0.300. The molecule has 0 aliphatic carbocycles. The maximum Gasteiger partial charge on any atom is 0.0528 e. The smallest absolute Gasteiger partial charge is 0.0528 e. The van der Waals surface area contributed by atoms with Crippen LogP contribution in [0.1, 0.15) is 13.8 Å². The minimum Gasteiger partial charge on any atom is -0.412 e. The van der Waals surface area contributed by atoms with Gasteiger partial charge >= 0.3 is 0 Å². The van der Waals surface area contributed by atoms with E-state index in [-0.39, 0.29) is 282 Å². The average Bonchev–Trinajstić information content (AvgIpc) is 2.37. The summed E-state index contributed by atoms with van der Waals surface area (Å²) in [6.45, 7) is 2.12. The summed E-state index contributed by atoms with van der Waals surface area (Å²) in [5, 5.41) is 50.8. The van der Waals surface area contributed by atoms with Gasteiger partial charge in [-0.25, -0.2) is 0 Å². The first-order valence-corrected chi connectivity index (χ1v) is 5.02. The Bertz CT molecular complexity index is 164. The number of aliphatic hydroxyl groups excluding tert-OH is 6. The molecule has 0 aromatic carbocycles. The molecule has 0 heterocycles. The molecular formula is C10H60MnMo6O24. The molecule has 1 radical (unpaired) electrons. The van der Waals surface area contributed by atoms with E-state index in [9.17, 15) is 0 Å². The van der Waals surface area contributed by atoms with Crippen molar-refractivity contribution in [2.45, 2.75) is 13.8 Å². The number of aliphatic hydroxyl groups is 6. The topological polar surface area (TPSA) is 688 Å². The van der Waals surface area contributed by atoms with Gasteiger partial charge < -0.3 is 129 Å². The van der Waals surface area contributed by atoms with Gasteiger partial charge in [0, 0.05) is 154 Å². The van der Waals surface area contributed by atoms with Crippen molar-refractivity contribution in [1.29, 1.82) is 0 Å². The Labute approximate surface area is 333 Å². The SMILES string of the molecule is CC(CO)(CO)CO.CC(CO)(CO)CO.O.O.O.O.O.O.O.O.O.O.O.O.O.O.O.O.O.O.[Mn].[Mo].[Mo].[Mo].[Mo].[Mo].[Mo]. The Balaban J connectivity index is -0.00000000238. The van der Waals surface area contributed by atoms with E-state index in [0.29, 0.717) is 0 Å². The summed E-state index contributed by atoms with van der Waals surface area (Å²) in [6.07, 6.45) is 0. The first-order valence-electron chi connectivity index (χ1n) is 5.02. The molecule has 0 unspecified atom stereocenters. The van der Waals surface area contributed by atoms with Crippen molar-refractivity contribution in [1.82, 2.24) is 0 Å². The molecule has 24 nitrogen and oxygen atoms in total. The Morgan fingerprint density at radius 2 is 0.317 bits per heavy atom. The van der Waals surface area contributed by atoms with E-state index in [1.54, 1.807) is 13.8 Å². The largest absolute Gasteiger partial charge is 0.412 e. The predicted octanol–water partition coefficient (Wildman–Crippen LogP) is -16.9. The van der Waals surface area contributed by atoms with E-state index >= 15 is 0 Å². The molecule has 41 heavy (non-hydrogen) atoms. The van der Waals surface area contributed by atoms with E-state index in [4.69, 9.17) is 30.6 Å². The van der Waals surface area contributed by atoms with Crippen molar-refractivity contribution in [3.63, 3.8) is 0 Å². The van der Waals surface area contributed by atoms with Crippen molar-refractivity contribution >= 4 is 0 Å². The van der Waals surface area contributed by atoms with Gasteiger partial charge in [-0.15, -0.1) is 0 Å². The van der Waals surface area contributed by atoms with Gasteiger partial charge in [-0.1, -0.05) is 13.8 Å². The van der Waals surface area contributed by atoms with Crippen LogP contribution in [0.25, 0.3) is 0 Å². The molecule has 0 amide bonds. The minimum absolute atomic E-state index is 0. The van der Waals surface area contributed by atoms with Gasteiger partial charge in [0.25, 0.3) is 0 Å². The summed E-state index contributed by atoms with van der Waals surface area (Å²) >= 11 is 0. The molecule has 0 atom stereocenters. The summed E-state index contributed by atoms with van der Waals surface area (Å²) in [5.74, 6) is 0. The zero-order chi connectivity index (χ0) is 13.2. The van der Waals surface area contributed by atoms with Crippen LogP contribution in [0.4, 0.5) is 0 Å². The number of hydrogen-bond acceptors (Lipinski definition) is 6. The Morgan fingerprint density at radius 1 is 0.268 bits per heavy atom. The number of rotatable bonds is 6. The van der Waals surface area contributed by atoms with Gasteiger partial charge in [0.2, 0.25) is 0 Å². The van der Waals surface area contributed by atoms with Crippen molar-refractivity contribution in [2.24, 2.45) is 10.8 Å². The van der Waals surface area contributed by atoms with Crippen LogP contribution in [0.15, 0.2) is 0 Å². The molecule has 0 bridgehead atoms. The molecule has 31 heteroatoms. The van der Waals surface area contributed by atoms with E-state index in [0.717, 1.165) is 0 Å². The van der Waals surface area contributed by atoms with Crippen molar-refractivity contribution in [2.75, 3.05) is 39.6 Å². The molecule has 0 fully saturated rings. The molecule has 0 rings (SSSR count). The van der Waals surface area contributed by atoms with Crippen LogP contribution in [0.5, 0.6) is 0 Å². The van der Waals surface area contributed by atoms with Crippen LogP contribution in [0.3, 0.4) is 0 Å². The molecule has 0 aromatic heterocycles. The average molecular weight is 1200 g/mol. The second kappa shape index (κ2) is 169. The van der Waals surface area contributed by atoms with E-state index in [1.807, 2.05) is 0 Å². The third kappa shape index (κ3) is 161. The molecular weight excluding hydrogens is 1130 g/mol. The molecule has 0 aliphatic rings. The molecule has 42 N–H and O–H groups in total. The van der Waals surface area contributed by atoms with Gasteiger partial charge in [0.15, 0.2) is 0 Å². The predicted molar refractivity (Wildman–Crippen MR) is 124 cm³/mol. The quantitative estimate of drug-likeness (QED) is 0.140. The van der Waals surface area contributed by atoms with Crippen molar-refractivity contribution < 1.29 is 273 Å². The molecule has 287 valence electrons. The van der Waals surface area contributed by atoms with Crippen LogP contribution >= 0.6 is 0 Å². The van der Waals surface area contributed by atoms with Crippen molar-refractivity contribution in [3.8, 4) is 0 Å². The number of hydrogen-bond donors (Lipinski definition) is 6. The summed E-state index contributed by atoms with van der Waals surface area (Å²) in [5.41, 5.74) is -1.42. The van der Waals surface area contributed by atoms with Gasteiger partial charge in [-0.2, -0.15) is 0 Å². The van der Waals surface area contributed by atoms with Gasteiger partial charge in [0.1, 0.15) is 0 Å². The molecule has 0 aliphatic heterocycles.